The van der Waals surface area contributed by atoms with Crippen LogP contribution in [0.4, 0.5) is 0 Å². The molecule has 5 heteroatoms. The van der Waals surface area contributed by atoms with Crippen molar-refractivity contribution in [3.05, 3.63) is 0 Å². The number of esters is 1. The number of hydrogen-bond donors (Lipinski definition) is 1. The average Bonchev–Trinajstić information content (AvgIpc) is 2.87. The van der Waals surface area contributed by atoms with Crippen LogP contribution in [0.1, 0.15) is 33.1 Å². The molecule has 5 nitrogen and oxygen atoms in total. The number of carbonyl (C=O) groups excluding carboxylic acids is 1. The van der Waals surface area contributed by atoms with Crippen LogP contribution in [-0.4, -0.2) is 62.9 Å². The first kappa shape index (κ1) is 16.4. The molecule has 0 spiro atoms. The van der Waals surface area contributed by atoms with Crippen molar-refractivity contribution in [2.45, 2.75) is 45.3 Å². The molecule has 0 amide bonds. The highest BCUT2D eigenvalue weighted by Gasteiger charge is 2.24. The SMILES string of the molecule is CCCNC(CCN1CCC(OC)C1)C(=O)OCC. The summed E-state index contributed by atoms with van der Waals surface area (Å²) >= 11 is 0. The quantitative estimate of drug-likeness (QED) is 0.635. The summed E-state index contributed by atoms with van der Waals surface area (Å²) in [6.45, 7) is 8.18. The van der Waals surface area contributed by atoms with Gasteiger partial charge in [0.2, 0.25) is 0 Å². The third-order valence-corrected chi connectivity index (χ3v) is 3.51. The van der Waals surface area contributed by atoms with Gasteiger partial charge in [-0.3, -0.25) is 4.79 Å². The number of hydrogen-bond acceptors (Lipinski definition) is 5. The summed E-state index contributed by atoms with van der Waals surface area (Å²) < 4.78 is 10.5. The Hall–Kier alpha value is -0.650. The van der Waals surface area contributed by atoms with Gasteiger partial charge in [0.05, 0.1) is 12.7 Å². The fourth-order valence-electron chi connectivity index (χ4n) is 2.37. The lowest BCUT2D eigenvalue weighted by atomic mass is 10.2. The van der Waals surface area contributed by atoms with E-state index in [1.54, 1.807) is 7.11 Å². The molecular weight excluding hydrogens is 244 g/mol. The molecule has 1 aliphatic heterocycles. The van der Waals surface area contributed by atoms with Crippen LogP contribution in [0, 0.1) is 0 Å². The third kappa shape index (κ3) is 5.89. The molecule has 2 unspecified atom stereocenters. The minimum absolute atomic E-state index is 0.126. The predicted molar refractivity (Wildman–Crippen MR) is 75.2 cm³/mol. The lowest BCUT2D eigenvalue weighted by Gasteiger charge is -2.21. The summed E-state index contributed by atoms with van der Waals surface area (Å²) in [5.74, 6) is -0.126. The Balaban J connectivity index is 2.33. The highest BCUT2D eigenvalue weighted by molar-refractivity contribution is 5.75. The molecule has 0 bridgehead atoms. The number of carbonyl (C=O) groups is 1. The second-order valence-corrected chi connectivity index (χ2v) is 4.99. The molecule has 19 heavy (non-hydrogen) atoms. The predicted octanol–water partition coefficient (Wildman–Crippen LogP) is 1.03. The Morgan fingerprint density at radius 3 is 2.84 bits per heavy atom. The highest BCUT2D eigenvalue weighted by atomic mass is 16.5. The maximum Gasteiger partial charge on any atom is 0.323 e. The van der Waals surface area contributed by atoms with E-state index in [1.807, 2.05) is 6.92 Å². The Morgan fingerprint density at radius 2 is 2.26 bits per heavy atom. The normalized spacial score (nSPS) is 21.5. The molecule has 1 aliphatic rings. The largest absolute Gasteiger partial charge is 0.465 e. The number of likely N-dealkylation sites (tertiary alicyclic amines) is 1. The van der Waals surface area contributed by atoms with Crippen LogP contribution in [0.3, 0.4) is 0 Å². The van der Waals surface area contributed by atoms with Crippen molar-refractivity contribution in [1.29, 1.82) is 0 Å². The van der Waals surface area contributed by atoms with E-state index in [0.717, 1.165) is 45.4 Å². The van der Waals surface area contributed by atoms with Crippen LogP contribution in [0.15, 0.2) is 0 Å². The van der Waals surface area contributed by atoms with Crippen LogP contribution in [-0.2, 0) is 14.3 Å². The Bertz CT molecular complexity index is 261. The number of nitrogens with one attached hydrogen (secondary N) is 1. The van der Waals surface area contributed by atoms with E-state index in [0.29, 0.717) is 12.7 Å². The minimum atomic E-state index is -0.179. The van der Waals surface area contributed by atoms with Crippen LogP contribution < -0.4 is 5.32 Å². The zero-order chi connectivity index (χ0) is 14.1. The molecule has 0 radical (unpaired) electrons. The Labute approximate surface area is 116 Å². The fourth-order valence-corrected chi connectivity index (χ4v) is 2.37. The third-order valence-electron chi connectivity index (χ3n) is 3.51. The maximum absolute atomic E-state index is 11.8. The van der Waals surface area contributed by atoms with Gasteiger partial charge in [-0.15, -0.1) is 0 Å². The van der Waals surface area contributed by atoms with Gasteiger partial charge in [0.1, 0.15) is 6.04 Å². The van der Waals surface area contributed by atoms with Crippen molar-refractivity contribution >= 4 is 5.97 Å². The molecule has 1 rings (SSSR count). The second-order valence-electron chi connectivity index (χ2n) is 4.99. The van der Waals surface area contributed by atoms with Crippen LogP contribution >= 0.6 is 0 Å². The molecule has 1 N–H and O–H groups in total. The minimum Gasteiger partial charge on any atom is -0.465 e. The molecule has 0 aromatic carbocycles. The average molecular weight is 272 g/mol. The van der Waals surface area contributed by atoms with Crippen molar-refractivity contribution in [2.75, 3.05) is 39.9 Å². The van der Waals surface area contributed by atoms with E-state index in [-0.39, 0.29) is 12.0 Å². The van der Waals surface area contributed by atoms with Crippen molar-refractivity contribution in [1.82, 2.24) is 10.2 Å². The van der Waals surface area contributed by atoms with E-state index in [2.05, 4.69) is 17.1 Å². The topological polar surface area (TPSA) is 50.8 Å². The van der Waals surface area contributed by atoms with E-state index in [9.17, 15) is 4.79 Å². The fraction of sp³-hybridized carbons (Fsp3) is 0.929. The molecule has 0 aliphatic carbocycles. The lowest BCUT2D eigenvalue weighted by Crippen LogP contribution is -2.41. The van der Waals surface area contributed by atoms with Gasteiger partial charge in [-0.1, -0.05) is 6.92 Å². The Morgan fingerprint density at radius 1 is 1.47 bits per heavy atom. The first-order valence-electron chi connectivity index (χ1n) is 7.36. The first-order valence-corrected chi connectivity index (χ1v) is 7.36. The van der Waals surface area contributed by atoms with Gasteiger partial charge < -0.3 is 19.7 Å². The second kappa shape index (κ2) is 9.28. The van der Waals surface area contributed by atoms with Gasteiger partial charge in [0.15, 0.2) is 0 Å². The lowest BCUT2D eigenvalue weighted by molar-refractivity contribution is -0.145. The van der Waals surface area contributed by atoms with E-state index in [1.165, 1.54) is 0 Å². The zero-order valence-electron chi connectivity index (χ0n) is 12.5. The van der Waals surface area contributed by atoms with Gasteiger partial charge in [0, 0.05) is 26.7 Å². The number of methoxy groups -OCH3 is 1. The van der Waals surface area contributed by atoms with Gasteiger partial charge in [-0.2, -0.15) is 0 Å². The van der Waals surface area contributed by atoms with Gasteiger partial charge in [0.25, 0.3) is 0 Å². The molecule has 2 atom stereocenters. The monoisotopic (exact) mass is 272 g/mol. The number of nitrogens with zero attached hydrogens (tertiary/aromatic N) is 1. The van der Waals surface area contributed by atoms with Crippen molar-refractivity contribution in [2.24, 2.45) is 0 Å². The summed E-state index contributed by atoms with van der Waals surface area (Å²) in [6.07, 6.45) is 3.26. The van der Waals surface area contributed by atoms with Crippen molar-refractivity contribution < 1.29 is 14.3 Å². The molecular formula is C14H28N2O3. The molecule has 1 fully saturated rings. The summed E-state index contributed by atoms with van der Waals surface area (Å²) in [5, 5.41) is 3.27. The molecule has 0 aromatic rings. The molecule has 1 heterocycles. The van der Waals surface area contributed by atoms with Gasteiger partial charge in [-0.25, -0.2) is 0 Å². The smallest absolute Gasteiger partial charge is 0.323 e. The van der Waals surface area contributed by atoms with Crippen LogP contribution in [0.25, 0.3) is 0 Å². The summed E-state index contributed by atoms with van der Waals surface area (Å²) in [6, 6.07) is -0.179. The van der Waals surface area contributed by atoms with E-state index < -0.39 is 0 Å². The Kier molecular flexibility index (Phi) is 8.02. The summed E-state index contributed by atoms with van der Waals surface area (Å²) in [4.78, 5) is 14.2. The van der Waals surface area contributed by atoms with Crippen LogP contribution in [0.5, 0.6) is 0 Å². The van der Waals surface area contributed by atoms with Crippen LogP contribution in [0.2, 0.25) is 0 Å². The van der Waals surface area contributed by atoms with Crippen molar-refractivity contribution in [3.8, 4) is 0 Å². The van der Waals surface area contributed by atoms with E-state index >= 15 is 0 Å². The van der Waals surface area contributed by atoms with E-state index in [4.69, 9.17) is 9.47 Å². The molecule has 0 aromatic heterocycles. The standard InChI is InChI=1S/C14H28N2O3/c1-4-8-15-13(14(17)19-5-2)7-10-16-9-6-12(11-16)18-3/h12-13,15H,4-11H2,1-3H3. The molecule has 112 valence electrons. The van der Waals surface area contributed by atoms with Crippen molar-refractivity contribution in [3.63, 3.8) is 0 Å². The zero-order valence-corrected chi connectivity index (χ0v) is 12.5. The summed E-state index contributed by atoms with van der Waals surface area (Å²) in [5.41, 5.74) is 0. The molecule has 0 saturated carbocycles. The maximum atomic E-state index is 11.8. The highest BCUT2D eigenvalue weighted by Crippen LogP contribution is 2.12. The summed E-state index contributed by atoms with van der Waals surface area (Å²) in [7, 11) is 1.76. The number of rotatable bonds is 9. The number of ether oxygens (including phenoxy) is 2. The first-order chi connectivity index (χ1) is 9.21. The molecule has 1 saturated heterocycles. The van der Waals surface area contributed by atoms with Gasteiger partial charge in [-0.05, 0) is 32.7 Å². The van der Waals surface area contributed by atoms with Gasteiger partial charge >= 0.3 is 5.97 Å².